The van der Waals surface area contributed by atoms with Gasteiger partial charge in [-0.2, -0.15) is 11.8 Å². The number of hydrogen-bond acceptors (Lipinski definition) is 5. The standard InChI is InChI=1S/C16H19N3O5S/c1-18-12-6-4-3-5-10(12)14(21)19(16(18)24)9-13(20)17-11(15(22)23)7-8-25-2/h3-6,11H,7-9H2,1-2H3,(H,17,20)(H,22,23)/t11-/m0/s1. The molecule has 0 unspecified atom stereocenters. The highest BCUT2D eigenvalue weighted by atomic mass is 32.2. The SMILES string of the molecule is CSCC[C@H](NC(=O)Cn1c(=O)c2ccccc2n(C)c1=O)C(=O)O. The number of carboxylic acid groups (broad SMARTS) is 1. The third kappa shape index (κ3) is 4.11. The number of nitrogens with one attached hydrogen (secondary N) is 1. The lowest BCUT2D eigenvalue weighted by molar-refractivity contribution is -0.142. The highest BCUT2D eigenvalue weighted by Crippen LogP contribution is 2.06. The van der Waals surface area contributed by atoms with Gasteiger partial charge in [0.05, 0.1) is 10.9 Å². The van der Waals surface area contributed by atoms with Gasteiger partial charge in [0, 0.05) is 7.05 Å². The monoisotopic (exact) mass is 365 g/mol. The quantitative estimate of drug-likeness (QED) is 0.716. The van der Waals surface area contributed by atoms with E-state index in [9.17, 15) is 19.2 Å². The zero-order valence-corrected chi connectivity index (χ0v) is 14.7. The van der Waals surface area contributed by atoms with Crippen LogP contribution in [0.25, 0.3) is 10.9 Å². The summed E-state index contributed by atoms with van der Waals surface area (Å²) in [7, 11) is 1.51. The first-order valence-corrected chi connectivity index (χ1v) is 8.96. The highest BCUT2D eigenvalue weighted by Gasteiger charge is 2.21. The number of nitrogens with zero attached hydrogens (tertiary/aromatic N) is 2. The normalized spacial score (nSPS) is 12.1. The van der Waals surface area contributed by atoms with Crippen molar-refractivity contribution in [3.8, 4) is 0 Å². The molecule has 0 radical (unpaired) electrons. The summed E-state index contributed by atoms with van der Waals surface area (Å²) in [4.78, 5) is 48.2. The summed E-state index contributed by atoms with van der Waals surface area (Å²) in [5.74, 6) is -1.28. The van der Waals surface area contributed by atoms with E-state index in [1.54, 1.807) is 24.3 Å². The molecule has 2 rings (SSSR count). The van der Waals surface area contributed by atoms with Crippen LogP contribution in [0.2, 0.25) is 0 Å². The molecule has 0 aliphatic heterocycles. The van der Waals surface area contributed by atoms with E-state index in [0.717, 1.165) is 4.57 Å². The number of carboxylic acids is 1. The molecule has 134 valence electrons. The van der Waals surface area contributed by atoms with Crippen molar-refractivity contribution in [3.63, 3.8) is 0 Å². The molecule has 2 N–H and O–H groups in total. The molecule has 0 aliphatic carbocycles. The summed E-state index contributed by atoms with van der Waals surface area (Å²) < 4.78 is 2.09. The second kappa shape index (κ2) is 8.02. The van der Waals surface area contributed by atoms with Gasteiger partial charge in [-0.25, -0.2) is 9.59 Å². The summed E-state index contributed by atoms with van der Waals surface area (Å²) in [6.07, 6.45) is 2.09. The molecule has 2 aromatic rings. The van der Waals surface area contributed by atoms with Gasteiger partial charge in [0.1, 0.15) is 12.6 Å². The molecule has 0 aliphatic rings. The minimum Gasteiger partial charge on any atom is -0.480 e. The van der Waals surface area contributed by atoms with Crippen LogP contribution in [0.4, 0.5) is 0 Å². The maximum atomic E-state index is 12.5. The lowest BCUT2D eigenvalue weighted by Gasteiger charge is -2.15. The molecule has 25 heavy (non-hydrogen) atoms. The van der Waals surface area contributed by atoms with Gasteiger partial charge < -0.3 is 10.4 Å². The van der Waals surface area contributed by atoms with Gasteiger partial charge >= 0.3 is 11.7 Å². The van der Waals surface area contributed by atoms with Crippen molar-refractivity contribution < 1.29 is 14.7 Å². The Morgan fingerprint density at radius 1 is 1.28 bits per heavy atom. The molecule has 0 saturated carbocycles. The Kier molecular flexibility index (Phi) is 6.02. The number of amides is 1. The summed E-state index contributed by atoms with van der Waals surface area (Å²) in [5.41, 5.74) is -0.739. The third-order valence-electron chi connectivity index (χ3n) is 3.80. The van der Waals surface area contributed by atoms with E-state index in [4.69, 9.17) is 5.11 Å². The first-order chi connectivity index (χ1) is 11.9. The smallest absolute Gasteiger partial charge is 0.331 e. The van der Waals surface area contributed by atoms with Crippen molar-refractivity contribution in [3.05, 3.63) is 45.1 Å². The maximum Gasteiger partial charge on any atom is 0.331 e. The van der Waals surface area contributed by atoms with Gasteiger partial charge in [0.2, 0.25) is 5.91 Å². The van der Waals surface area contributed by atoms with Crippen LogP contribution in [0.3, 0.4) is 0 Å². The van der Waals surface area contributed by atoms with Crippen LogP contribution in [0.15, 0.2) is 33.9 Å². The lowest BCUT2D eigenvalue weighted by Crippen LogP contribution is -2.47. The van der Waals surface area contributed by atoms with E-state index in [1.165, 1.54) is 23.4 Å². The van der Waals surface area contributed by atoms with Crippen LogP contribution in [-0.4, -0.2) is 44.2 Å². The van der Waals surface area contributed by atoms with Crippen LogP contribution < -0.4 is 16.6 Å². The van der Waals surface area contributed by atoms with Crippen molar-refractivity contribution in [2.45, 2.75) is 19.0 Å². The summed E-state index contributed by atoms with van der Waals surface area (Å²) >= 11 is 1.46. The fraction of sp³-hybridized carbons (Fsp3) is 0.375. The topological polar surface area (TPSA) is 110 Å². The van der Waals surface area contributed by atoms with Crippen molar-refractivity contribution in [1.82, 2.24) is 14.5 Å². The number of aliphatic carboxylic acids is 1. The Hall–Kier alpha value is -2.55. The molecule has 1 aromatic heterocycles. The van der Waals surface area contributed by atoms with Crippen LogP contribution in [0.5, 0.6) is 0 Å². The molecule has 0 bridgehead atoms. The number of aromatic nitrogens is 2. The van der Waals surface area contributed by atoms with E-state index >= 15 is 0 Å². The largest absolute Gasteiger partial charge is 0.480 e. The summed E-state index contributed by atoms with van der Waals surface area (Å²) in [6.45, 7) is -0.528. The Morgan fingerprint density at radius 2 is 1.96 bits per heavy atom. The second-order valence-electron chi connectivity index (χ2n) is 5.49. The number of para-hydroxylation sites is 1. The summed E-state index contributed by atoms with van der Waals surface area (Å²) in [6, 6.07) is 5.54. The zero-order chi connectivity index (χ0) is 18.6. The van der Waals surface area contributed by atoms with Crippen LogP contribution >= 0.6 is 11.8 Å². The third-order valence-corrected chi connectivity index (χ3v) is 4.45. The number of hydrogen-bond donors (Lipinski definition) is 2. The lowest BCUT2D eigenvalue weighted by atomic mass is 10.2. The molecule has 1 amide bonds. The fourth-order valence-electron chi connectivity index (χ4n) is 2.48. The molecular weight excluding hydrogens is 346 g/mol. The molecule has 0 spiro atoms. The molecule has 1 atom stereocenters. The van der Waals surface area contributed by atoms with E-state index < -0.39 is 35.7 Å². The predicted octanol–water partition coefficient (Wildman–Crippen LogP) is 0.0227. The van der Waals surface area contributed by atoms with E-state index in [-0.39, 0.29) is 6.42 Å². The van der Waals surface area contributed by atoms with Crippen molar-refractivity contribution >= 4 is 34.5 Å². The number of fused-ring (bicyclic) bond motifs is 1. The molecule has 8 nitrogen and oxygen atoms in total. The number of carbonyl (C=O) groups excluding carboxylic acids is 1. The van der Waals surface area contributed by atoms with Crippen molar-refractivity contribution in [2.24, 2.45) is 7.05 Å². The van der Waals surface area contributed by atoms with Crippen LogP contribution in [-0.2, 0) is 23.2 Å². The second-order valence-corrected chi connectivity index (χ2v) is 6.48. The average Bonchev–Trinajstić information content (AvgIpc) is 2.60. The van der Waals surface area contributed by atoms with Crippen LogP contribution in [0, 0.1) is 0 Å². The number of thioether (sulfide) groups is 1. The minimum absolute atomic E-state index is 0.257. The average molecular weight is 365 g/mol. The predicted molar refractivity (Wildman–Crippen MR) is 96.0 cm³/mol. The van der Waals surface area contributed by atoms with Crippen LogP contribution in [0.1, 0.15) is 6.42 Å². The number of aryl methyl sites for hydroxylation is 1. The van der Waals surface area contributed by atoms with Crippen molar-refractivity contribution in [1.29, 1.82) is 0 Å². The molecule has 0 fully saturated rings. The van der Waals surface area contributed by atoms with E-state index in [1.807, 2.05) is 6.26 Å². The fourth-order valence-corrected chi connectivity index (χ4v) is 2.95. The zero-order valence-electron chi connectivity index (χ0n) is 13.9. The highest BCUT2D eigenvalue weighted by molar-refractivity contribution is 7.98. The molecular formula is C16H19N3O5S. The first kappa shape index (κ1) is 18.8. The Balaban J connectivity index is 2.31. The number of benzene rings is 1. The van der Waals surface area contributed by atoms with Gasteiger partial charge in [-0.1, -0.05) is 12.1 Å². The molecule has 0 saturated heterocycles. The van der Waals surface area contributed by atoms with Gasteiger partial charge in [0.25, 0.3) is 5.56 Å². The van der Waals surface area contributed by atoms with Gasteiger partial charge in [-0.15, -0.1) is 0 Å². The van der Waals surface area contributed by atoms with E-state index in [0.29, 0.717) is 16.7 Å². The van der Waals surface area contributed by atoms with Gasteiger partial charge in [-0.05, 0) is 30.6 Å². The number of rotatable bonds is 7. The Labute approximate surface area is 147 Å². The minimum atomic E-state index is -1.15. The van der Waals surface area contributed by atoms with Gasteiger partial charge in [-0.3, -0.25) is 18.7 Å². The van der Waals surface area contributed by atoms with E-state index in [2.05, 4.69) is 5.32 Å². The van der Waals surface area contributed by atoms with Gasteiger partial charge in [0.15, 0.2) is 0 Å². The molecule has 1 aromatic carbocycles. The Morgan fingerprint density at radius 3 is 2.60 bits per heavy atom. The summed E-state index contributed by atoms with van der Waals surface area (Å²) in [5, 5.41) is 11.8. The molecule has 1 heterocycles. The maximum absolute atomic E-state index is 12.5. The molecule has 9 heteroatoms. The van der Waals surface area contributed by atoms with Crippen molar-refractivity contribution in [2.75, 3.05) is 12.0 Å². The number of carbonyl (C=O) groups is 2. The Bertz CT molecular complexity index is 918. The first-order valence-electron chi connectivity index (χ1n) is 7.56.